The zero-order chi connectivity index (χ0) is 40.7. The predicted molar refractivity (Wildman–Crippen MR) is 253 cm³/mol. The Hall–Kier alpha value is -8.08. The second-order valence-corrected chi connectivity index (χ2v) is 16.5. The van der Waals surface area contributed by atoms with Crippen LogP contribution < -0.4 is 0 Å². The van der Waals surface area contributed by atoms with E-state index in [0.717, 1.165) is 67.1 Å². The summed E-state index contributed by atoms with van der Waals surface area (Å²) in [6, 6.07) is 73.9. The SMILES string of the molecule is c1ccc(C2c3ccccc3-c3cc(C4=Nc5cc6ccccc6nc5C(c5ccc6c(c5)-c5ccccc5C6c5ccccc5)=Nc5cc6ccccc6nc54)ccc32)cc1. The molecule has 4 nitrogen and oxygen atoms in total. The zero-order valence-corrected chi connectivity index (χ0v) is 33.6. The molecule has 62 heavy (non-hydrogen) atoms. The summed E-state index contributed by atoms with van der Waals surface area (Å²) in [4.78, 5) is 22.2. The Morgan fingerprint density at radius 2 is 0.694 bits per heavy atom. The van der Waals surface area contributed by atoms with Crippen LogP contribution in [0.4, 0.5) is 11.4 Å². The van der Waals surface area contributed by atoms with Crippen molar-refractivity contribution in [3.05, 3.63) is 262 Å². The molecule has 10 aromatic rings. The van der Waals surface area contributed by atoms with E-state index in [9.17, 15) is 0 Å². The van der Waals surface area contributed by atoms with Crippen molar-refractivity contribution in [2.45, 2.75) is 11.8 Å². The highest BCUT2D eigenvalue weighted by Crippen LogP contribution is 2.50. The average molecular weight is 789 g/mol. The first-order valence-corrected chi connectivity index (χ1v) is 21.3. The van der Waals surface area contributed by atoms with Crippen molar-refractivity contribution < 1.29 is 0 Å². The van der Waals surface area contributed by atoms with Crippen LogP contribution >= 0.6 is 0 Å². The van der Waals surface area contributed by atoms with Crippen LogP contribution in [0.1, 0.15) is 67.7 Å². The number of rotatable bonds is 4. The van der Waals surface area contributed by atoms with Gasteiger partial charge in [0.2, 0.25) is 0 Å². The van der Waals surface area contributed by atoms with Gasteiger partial charge in [0.25, 0.3) is 0 Å². The van der Waals surface area contributed by atoms with Gasteiger partial charge in [-0.3, -0.25) is 0 Å². The van der Waals surface area contributed by atoms with E-state index in [-0.39, 0.29) is 11.8 Å². The molecule has 0 radical (unpaired) electrons. The van der Waals surface area contributed by atoms with E-state index in [4.69, 9.17) is 20.0 Å². The number of hydrogen-bond acceptors (Lipinski definition) is 4. The smallest absolute Gasteiger partial charge is 0.116 e. The van der Waals surface area contributed by atoms with Crippen molar-refractivity contribution in [3.63, 3.8) is 0 Å². The molecule has 2 aromatic heterocycles. The normalized spacial score (nSPS) is 15.6. The molecule has 0 fully saturated rings. The highest BCUT2D eigenvalue weighted by molar-refractivity contribution is 6.23. The van der Waals surface area contributed by atoms with Crippen molar-refractivity contribution in [1.29, 1.82) is 0 Å². The van der Waals surface area contributed by atoms with E-state index >= 15 is 0 Å². The lowest BCUT2D eigenvalue weighted by atomic mass is 9.88. The van der Waals surface area contributed by atoms with Crippen molar-refractivity contribution >= 4 is 44.6 Å². The highest BCUT2D eigenvalue weighted by Gasteiger charge is 2.33. The minimum atomic E-state index is 0.149. The number of hydrogen-bond donors (Lipinski definition) is 0. The molecule has 0 amide bonds. The van der Waals surface area contributed by atoms with E-state index in [0.29, 0.717) is 0 Å². The number of pyridine rings is 2. The van der Waals surface area contributed by atoms with Crippen molar-refractivity contribution in [2.75, 3.05) is 0 Å². The molecule has 0 saturated heterocycles. The number of aromatic nitrogens is 2. The van der Waals surface area contributed by atoms with Crippen molar-refractivity contribution in [1.82, 2.24) is 9.97 Å². The summed E-state index contributed by atoms with van der Waals surface area (Å²) in [7, 11) is 0. The summed E-state index contributed by atoms with van der Waals surface area (Å²) in [5.74, 6) is 0.298. The molecular formula is C58H36N4. The second kappa shape index (κ2) is 13.7. The molecule has 0 saturated carbocycles. The third kappa shape index (κ3) is 5.40. The van der Waals surface area contributed by atoms with Crippen LogP contribution in [0.5, 0.6) is 0 Å². The maximum Gasteiger partial charge on any atom is 0.116 e. The fraction of sp³-hybridized carbons (Fsp3) is 0.0345. The minimum absolute atomic E-state index is 0.149. The third-order valence-corrected chi connectivity index (χ3v) is 13.0. The second-order valence-electron chi connectivity index (χ2n) is 16.5. The van der Waals surface area contributed by atoms with Gasteiger partial charge in [-0.05, 0) is 92.0 Å². The molecule has 2 aliphatic carbocycles. The van der Waals surface area contributed by atoms with Crippen LogP contribution in [0, 0.1) is 0 Å². The fourth-order valence-electron chi connectivity index (χ4n) is 10.2. The molecule has 13 rings (SSSR count). The summed E-state index contributed by atoms with van der Waals surface area (Å²) in [6.07, 6.45) is 0. The molecule has 4 heteroatoms. The van der Waals surface area contributed by atoms with Gasteiger partial charge in [-0.25, -0.2) is 20.0 Å². The van der Waals surface area contributed by atoms with E-state index in [1.807, 2.05) is 12.1 Å². The number of nitrogens with zero attached hydrogens (tertiary/aromatic N) is 4. The van der Waals surface area contributed by atoms with Crippen LogP contribution in [-0.2, 0) is 0 Å². The number of fused-ring (bicyclic) bond motifs is 10. The van der Waals surface area contributed by atoms with Gasteiger partial charge < -0.3 is 0 Å². The first-order valence-electron chi connectivity index (χ1n) is 21.3. The number of aliphatic imine (C=N–C) groups is 2. The van der Waals surface area contributed by atoms with Gasteiger partial charge in [0, 0.05) is 33.7 Å². The van der Waals surface area contributed by atoms with Crippen LogP contribution in [0.3, 0.4) is 0 Å². The lowest BCUT2D eigenvalue weighted by Crippen LogP contribution is -2.13. The maximum atomic E-state index is 5.67. The molecule has 3 aliphatic rings. The topological polar surface area (TPSA) is 50.5 Å². The average Bonchev–Trinajstić information content (AvgIpc) is 3.84. The van der Waals surface area contributed by atoms with Gasteiger partial charge in [0.1, 0.15) is 11.4 Å². The number of para-hydroxylation sites is 2. The summed E-state index contributed by atoms with van der Waals surface area (Å²) in [6.45, 7) is 0. The Bertz CT molecular complexity index is 3300. The molecule has 3 heterocycles. The van der Waals surface area contributed by atoms with Gasteiger partial charge in [0.05, 0.1) is 33.8 Å². The lowest BCUT2D eigenvalue weighted by molar-refractivity contribution is 1.01. The third-order valence-electron chi connectivity index (χ3n) is 13.0. The molecule has 288 valence electrons. The van der Waals surface area contributed by atoms with E-state index < -0.39 is 0 Å². The molecule has 2 atom stereocenters. The van der Waals surface area contributed by atoms with Crippen LogP contribution in [0.15, 0.2) is 216 Å². The number of benzene rings is 8. The fourth-order valence-corrected chi connectivity index (χ4v) is 10.2. The van der Waals surface area contributed by atoms with Crippen LogP contribution in [0.25, 0.3) is 44.1 Å². The zero-order valence-electron chi connectivity index (χ0n) is 33.6. The first kappa shape index (κ1) is 34.8. The highest BCUT2D eigenvalue weighted by atomic mass is 14.9. The first-order chi connectivity index (χ1) is 30.7. The predicted octanol–water partition coefficient (Wildman–Crippen LogP) is 13.8. The Kier molecular flexibility index (Phi) is 7.70. The summed E-state index contributed by atoms with van der Waals surface area (Å²) < 4.78 is 0. The standard InChI is InChI=1S/C58H36N4/c1-3-15-35(16-4-1)53-43-23-11-9-21-41(43)47-31-39(27-29-45(47)53)55-57-51(33-37-19-7-13-25-49(37)59-57)62-56(58-52(61-55)34-38-20-8-14-26-50(38)60-58)40-28-30-46-48(32-40)42-22-10-12-24-44(42)54(46)36-17-5-2-6-18-36/h1-34,53-54H. The van der Waals surface area contributed by atoms with Crippen molar-refractivity contribution in [3.8, 4) is 22.3 Å². The Balaban J connectivity index is 1.05. The quantitative estimate of drug-likeness (QED) is 0.178. The molecule has 1 aliphatic heterocycles. The van der Waals surface area contributed by atoms with Gasteiger partial charge >= 0.3 is 0 Å². The lowest BCUT2D eigenvalue weighted by Gasteiger charge is -2.19. The maximum absolute atomic E-state index is 5.67. The monoisotopic (exact) mass is 788 g/mol. The molecule has 8 aromatic carbocycles. The molecular weight excluding hydrogens is 753 g/mol. The summed E-state index contributed by atoms with van der Waals surface area (Å²) >= 11 is 0. The largest absolute Gasteiger partial charge is 0.244 e. The molecule has 0 bridgehead atoms. The van der Waals surface area contributed by atoms with Crippen molar-refractivity contribution in [2.24, 2.45) is 9.98 Å². The van der Waals surface area contributed by atoms with E-state index in [2.05, 4.69) is 194 Å². The molecule has 0 spiro atoms. The Morgan fingerprint density at radius 3 is 1.16 bits per heavy atom. The van der Waals surface area contributed by atoms with E-state index in [1.54, 1.807) is 0 Å². The van der Waals surface area contributed by atoms with Gasteiger partial charge in [-0.15, -0.1) is 0 Å². The van der Waals surface area contributed by atoms with Gasteiger partial charge in [0.15, 0.2) is 0 Å². The molecule has 2 unspecified atom stereocenters. The van der Waals surface area contributed by atoms with Gasteiger partial charge in [-0.2, -0.15) is 0 Å². The Morgan fingerprint density at radius 1 is 0.306 bits per heavy atom. The minimum Gasteiger partial charge on any atom is -0.244 e. The summed E-state index contributed by atoms with van der Waals surface area (Å²) in [5, 5.41) is 2.03. The van der Waals surface area contributed by atoms with E-state index in [1.165, 1.54) is 55.6 Å². The van der Waals surface area contributed by atoms with Crippen LogP contribution in [-0.4, -0.2) is 21.4 Å². The van der Waals surface area contributed by atoms with Gasteiger partial charge in [-0.1, -0.05) is 170 Å². The molecule has 0 N–H and O–H groups in total. The Labute approximate surface area is 359 Å². The summed E-state index contributed by atoms with van der Waals surface area (Å²) in [5.41, 5.74) is 21.0. The van der Waals surface area contributed by atoms with Crippen LogP contribution in [0.2, 0.25) is 0 Å².